The van der Waals surface area contributed by atoms with Gasteiger partial charge in [-0.3, -0.25) is 4.79 Å². The Morgan fingerprint density at radius 3 is 2.86 bits per heavy atom. The normalized spacial score (nSPS) is 23.1. The molecule has 2 aliphatic rings. The molecule has 0 aliphatic carbocycles. The second-order valence-electron chi connectivity index (χ2n) is 3.60. The molecule has 0 bridgehead atoms. The van der Waals surface area contributed by atoms with E-state index in [2.05, 4.69) is 5.32 Å². The van der Waals surface area contributed by atoms with Gasteiger partial charge in [-0.1, -0.05) is 6.08 Å². The van der Waals surface area contributed by atoms with E-state index in [1.165, 1.54) is 0 Å². The van der Waals surface area contributed by atoms with Crippen LogP contribution in [0.5, 0.6) is 0 Å². The Hall–Kier alpha value is -0.870. The SMILES string of the molecule is O=C(C1=CCCNC1)N1CCOCC1. The van der Waals surface area contributed by atoms with Crippen LogP contribution in [0.1, 0.15) is 6.42 Å². The van der Waals surface area contributed by atoms with Crippen LogP contribution in [0, 0.1) is 0 Å². The molecule has 0 aromatic rings. The summed E-state index contributed by atoms with van der Waals surface area (Å²) in [6, 6.07) is 0. The number of hydrogen-bond acceptors (Lipinski definition) is 3. The average Bonchev–Trinajstić information content (AvgIpc) is 2.30. The monoisotopic (exact) mass is 196 g/mol. The van der Waals surface area contributed by atoms with E-state index in [-0.39, 0.29) is 5.91 Å². The predicted octanol–water partition coefficient (Wildman–Crippen LogP) is -0.235. The molecule has 1 fully saturated rings. The van der Waals surface area contributed by atoms with Crippen molar-refractivity contribution in [3.8, 4) is 0 Å². The predicted molar refractivity (Wildman–Crippen MR) is 53.0 cm³/mol. The van der Waals surface area contributed by atoms with Crippen LogP contribution in [0.15, 0.2) is 11.6 Å². The molecule has 0 saturated carbocycles. The third-order valence-electron chi connectivity index (χ3n) is 2.60. The van der Waals surface area contributed by atoms with Crippen molar-refractivity contribution in [2.24, 2.45) is 0 Å². The molecule has 4 nitrogen and oxygen atoms in total. The Labute approximate surface area is 83.9 Å². The molecular weight excluding hydrogens is 180 g/mol. The van der Waals surface area contributed by atoms with E-state index in [1.807, 2.05) is 11.0 Å². The zero-order chi connectivity index (χ0) is 9.80. The lowest BCUT2D eigenvalue weighted by Gasteiger charge is -2.28. The Morgan fingerprint density at radius 1 is 1.43 bits per heavy atom. The van der Waals surface area contributed by atoms with Crippen LogP contribution in [0.25, 0.3) is 0 Å². The van der Waals surface area contributed by atoms with Gasteiger partial charge < -0.3 is 15.0 Å². The minimum absolute atomic E-state index is 0.181. The van der Waals surface area contributed by atoms with Gasteiger partial charge in [0.25, 0.3) is 5.91 Å². The lowest BCUT2D eigenvalue weighted by Crippen LogP contribution is -2.43. The maximum absolute atomic E-state index is 11.9. The fourth-order valence-electron chi connectivity index (χ4n) is 1.78. The molecule has 2 aliphatic heterocycles. The molecule has 0 atom stereocenters. The van der Waals surface area contributed by atoms with Crippen molar-refractivity contribution in [3.05, 3.63) is 11.6 Å². The highest BCUT2D eigenvalue weighted by molar-refractivity contribution is 5.94. The molecule has 0 unspecified atom stereocenters. The first-order valence-corrected chi connectivity index (χ1v) is 5.15. The van der Waals surface area contributed by atoms with Crippen LogP contribution in [0.2, 0.25) is 0 Å². The van der Waals surface area contributed by atoms with E-state index in [1.54, 1.807) is 0 Å². The molecule has 78 valence electrons. The summed E-state index contributed by atoms with van der Waals surface area (Å²) in [5, 5.41) is 3.21. The molecule has 14 heavy (non-hydrogen) atoms. The Balaban J connectivity index is 1.95. The summed E-state index contributed by atoms with van der Waals surface area (Å²) in [7, 11) is 0. The smallest absolute Gasteiger partial charge is 0.250 e. The van der Waals surface area contributed by atoms with Crippen molar-refractivity contribution in [3.63, 3.8) is 0 Å². The summed E-state index contributed by atoms with van der Waals surface area (Å²) in [5.74, 6) is 0.181. The topological polar surface area (TPSA) is 41.6 Å². The molecule has 0 aromatic carbocycles. The number of ether oxygens (including phenoxy) is 1. The van der Waals surface area contributed by atoms with E-state index in [9.17, 15) is 4.79 Å². The van der Waals surface area contributed by atoms with E-state index < -0.39 is 0 Å². The maximum atomic E-state index is 11.9. The van der Waals surface area contributed by atoms with E-state index in [0.29, 0.717) is 13.2 Å². The van der Waals surface area contributed by atoms with Crippen LogP contribution < -0.4 is 5.32 Å². The summed E-state index contributed by atoms with van der Waals surface area (Å²) in [4.78, 5) is 13.8. The highest BCUT2D eigenvalue weighted by Gasteiger charge is 2.20. The number of hydrogen-bond donors (Lipinski definition) is 1. The molecule has 1 amide bonds. The van der Waals surface area contributed by atoms with Crippen molar-refractivity contribution in [2.75, 3.05) is 39.4 Å². The summed E-state index contributed by atoms with van der Waals surface area (Å²) in [6.07, 6.45) is 3.01. The van der Waals surface area contributed by atoms with Gasteiger partial charge in [-0.25, -0.2) is 0 Å². The third-order valence-corrected chi connectivity index (χ3v) is 2.60. The fraction of sp³-hybridized carbons (Fsp3) is 0.700. The van der Waals surface area contributed by atoms with E-state index in [0.717, 1.165) is 38.2 Å². The summed E-state index contributed by atoms with van der Waals surface area (Å²) >= 11 is 0. The van der Waals surface area contributed by atoms with Gasteiger partial charge in [-0.05, 0) is 13.0 Å². The number of rotatable bonds is 1. The number of nitrogens with one attached hydrogen (secondary N) is 1. The van der Waals surface area contributed by atoms with Crippen molar-refractivity contribution in [1.82, 2.24) is 10.2 Å². The van der Waals surface area contributed by atoms with Gasteiger partial charge in [0.1, 0.15) is 0 Å². The zero-order valence-corrected chi connectivity index (χ0v) is 8.29. The van der Waals surface area contributed by atoms with Crippen LogP contribution in [0.3, 0.4) is 0 Å². The van der Waals surface area contributed by atoms with Gasteiger partial charge in [0.15, 0.2) is 0 Å². The summed E-state index contributed by atoms with van der Waals surface area (Å²) < 4.78 is 5.21. The standard InChI is InChI=1S/C10H16N2O2/c13-10(9-2-1-3-11-8-9)12-4-6-14-7-5-12/h2,11H,1,3-8H2. The zero-order valence-electron chi connectivity index (χ0n) is 8.29. The van der Waals surface area contributed by atoms with Crippen molar-refractivity contribution in [2.45, 2.75) is 6.42 Å². The third kappa shape index (κ3) is 2.13. The number of carbonyl (C=O) groups excluding carboxylic acids is 1. The van der Waals surface area contributed by atoms with Crippen LogP contribution in [-0.4, -0.2) is 50.2 Å². The largest absolute Gasteiger partial charge is 0.378 e. The summed E-state index contributed by atoms with van der Waals surface area (Å²) in [5.41, 5.74) is 0.915. The molecule has 2 rings (SSSR count). The first-order valence-electron chi connectivity index (χ1n) is 5.15. The van der Waals surface area contributed by atoms with E-state index in [4.69, 9.17) is 4.74 Å². The number of nitrogens with zero attached hydrogens (tertiary/aromatic N) is 1. The molecule has 2 heterocycles. The van der Waals surface area contributed by atoms with Gasteiger partial charge >= 0.3 is 0 Å². The Kier molecular flexibility index (Phi) is 3.16. The average molecular weight is 196 g/mol. The lowest BCUT2D eigenvalue weighted by molar-refractivity contribution is -0.131. The molecule has 0 spiro atoms. The quantitative estimate of drug-likeness (QED) is 0.629. The Bertz CT molecular complexity index is 245. The second kappa shape index (κ2) is 4.57. The number of carbonyl (C=O) groups is 1. The fourth-order valence-corrected chi connectivity index (χ4v) is 1.78. The molecule has 1 saturated heterocycles. The van der Waals surface area contributed by atoms with E-state index >= 15 is 0 Å². The maximum Gasteiger partial charge on any atom is 0.250 e. The first kappa shape index (κ1) is 9.68. The van der Waals surface area contributed by atoms with Crippen molar-refractivity contribution >= 4 is 5.91 Å². The minimum Gasteiger partial charge on any atom is -0.378 e. The molecule has 1 N–H and O–H groups in total. The van der Waals surface area contributed by atoms with Crippen molar-refractivity contribution in [1.29, 1.82) is 0 Å². The van der Waals surface area contributed by atoms with Gasteiger partial charge in [0, 0.05) is 25.2 Å². The molecular formula is C10H16N2O2. The van der Waals surface area contributed by atoms with Crippen LogP contribution in [-0.2, 0) is 9.53 Å². The second-order valence-corrected chi connectivity index (χ2v) is 3.60. The number of morpholine rings is 1. The van der Waals surface area contributed by atoms with Gasteiger partial charge in [0.05, 0.1) is 13.2 Å². The molecule has 0 radical (unpaired) electrons. The highest BCUT2D eigenvalue weighted by atomic mass is 16.5. The summed E-state index contributed by atoms with van der Waals surface area (Å²) in [6.45, 7) is 4.52. The minimum atomic E-state index is 0.181. The molecule has 4 heteroatoms. The lowest BCUT2D eigenvalue weighted by atomic mass is 10.1. The highest BCUT2D eigenvalue weighted by Crippen LogP contribution is 2.08. The van der Waals surface area contributed by atoms with Gasteiger partial charge in [-0.15, -0.1) is 0 Å². The van der Waals surface area contributed by atoms with Gasteiger partial charge in [-0.2, -0.15) is 0 Å². The number of amides is 1. The van der Waals surface area contributed by atoms with Gasteiger partial charge in [0.2, 0.25) is 0 Å². The van der Waals surface area contributed by atoms with Crippen molar-refractivity contribution < 1.29 is 9.53 Å². The van der Waals surface area contributed by atoms with Crippen LogP contribution >= 0.6 is 0 Å². The van der Waals surface area contributed by atoms with Crippen LogP contribution in [0.4, 0.5) is 0 Å². The molecule has 0 aromatic heterocycles. The Morgan fingerprint density at radius 2 is 2.21 bits per heavy atom. The first-order chi connectivity index (χ1) is 6.88.